The quantitative estimate of drug-likeness (QED) is 0.709. The number of rotatable bonds is 4. The molecule has 3 nitrogen and oxygen atoms in total. The zero-order valence-corrected chi connectivity index (χ0v) is 10.9. The number of carbonyl (C=O) groups excluding carboxylic acids is 1. The summed E-state index contributed by atoms with van der Waals surface area (Å²) >= 11 is 0. The lowest BCUT2D eigenvalue weighted by molar-refractivity contribution is -0.150. The Hall–Kier alpha value is -0.410. The molecular weight excluding hydrogens is 216 g/mol. The summed E-state index contributed by atoms with van der Waals surface area (Å²) < 4.78 is 11.3. The number of ether oxygens (including phenoxy) is 2. The van der Waals surface area contributed by atoms with Crippen molar-refractivity contribution >= 4 is 5.78 Å². The van der Waals surface area contributed by atoms with Crippen LogP contribution in [0.5, 0.6) is 0 Å². The van der Waals surface area contributed by atoms with Gasteiger partial charge in [0.05, 0.1) is 6.61 Å². The van der Waals surface area contributed by atoms with Crippen LogP contribution in [0.1, 0.15) is 51.9 Å². The molecule has 0 N–H and O–H groups in total. The van der Waals surface area contributed by atoms with Crippen molar-refractivity contribution in [2.75, 3.05) is 19.8 Å². The van der Waals surface area contributed by atoms with Crippen molar-refractivity contribution in [2.45, 2.75) is 57.5 Å². The summed E-state index contributed by atoms with van der Waals surface area (Å²) in [4.78, 5) is 12.7. The fourth-order valence-corrected chi connectivity index (χ4v) is 3.15. The second-order valence-electron chi connectivity index (χ2n) is 5.27. The summed E-state index contributed by atoms with van der Waals surface area (Å²) in [6.07, 6.45) is 7.44. The molecule has 1 unspecified atom stereocenters. The Morgan fingerprint density at radius 1 is 1.29 bits per heavy atom. The summed E-state index contributed by atoms with van der Waals surface area (Å²) in [5, 5.41) is 0. The second kappa shape index (κ2) is 5.96. The van der Waals surface area contributed by atoms with E-state index in [1.165, 1.54) is 12.8 Å². The van der Waals surface area contributed by atoms with Gasteiger partial charge in [-0.15, -0.1) is 0 Å². The van der Waals surface area contributed by atoms with Gasteiger partial charge in [0.15, 0.2) is 5.78 Å². The molecule has 2 rings (SSSR count). The molecule has 1 aliphatic carbocycles. The first-order valence-electron chi connectivity index (χ1n) is 7.04. The van der Waals surface area contributed by atoms with Crippen LogP contribution < -0.4 is 0 Å². The van der Waals surface area contributed by atoms with E-state index in [9.17, 15) is 4.79 Å². The molecule has 0 amide bonds. The highest BCUT2D eigenvalue weighted by atomic mass is 16.5. The van der Waals surface area contributed by atoms with Crippen molar-refractivity contribution < 1.29 is 14.3 Å². The zero-order valence-electron chi connectivity index (χ0n) is 10.9. The van der Waals surface area contributed by atoms with Crippen LogP contribution in [0.15, 0.2) is 0 Å². The number of ketones is 1. The summed E-state index contributed by atoms with van der Waals surface area (Å²) in [5.41, 5.74) is -0.483. The van der Waals surface area contributed by atoms with Gasteiger partial charge in [-0.05, 0) is 26.2 Å². The average molecular weight is 240 g/mol. The molecule has 1 saturated heterocycles. The van der Waals surface area contributed by atoms with Gasteiger partial charge in [-0.1, -0.05) is 25.7 Å². The first kappa shape index (κ1) is 13.0. The van der Waals surface area contributed by atoms with E-state index in [0.29, 0.717) is 19.0 Å². The van der Waals surface area contributed by atoms with E-state index in [1.54, 1.807) is 0 Å². The zero-order chi connectivity index (χ0) is 12.1. The summed E-state index contributed by atoms with van der Waals surface area (Å²) in [5.74, 6) is 0.401. The number of hydrogen-bond acceptors (Lipinski definition) is 3. The standard InChI is InChI=1S/C14H24O3/c1-2-17-14(8-5-3-4-6-9-14)13(15)12-7-10-16-11-12/h12H,2-11H2,1H3. The molecule has 2 fully saturated rings. The topological polar surface area (TPSA) is 35.5 Å². The number of Topliss-reactive ketones (excluding diaryl/α,β-unsaturated/α-hetero) is 1. The Bertz CT molecular complexity index is 248. The maximum Gasteiger partial charge on any atom is 0.170 e. The Labute approximate surface area is 104 Å². The molecular formula is C14H24O3. The van der Waals surface area contributed by atoms with Crippen molar-refractivity contribution in [3.63, 3.8) is 0 Å². The van der Waals surface area contributed by atoms with Crippen LogP contribution in [0.2, 0.25) is 0 Å². The van der Waals surface area contributed by atoms with Crippen molar-refractivity contribution in [1.82, 2.24) is 0 Å². The van der Waals surface area contributed by atoms with Crippen LogP contribution in [0.25, 0.3) is 0 Å². The van der Waals surface area contributed by atoms with Crippen molar-refractivity contribution in [2.24, 2.45) is 5.92 Å². The van der Waals surface area contributed by atoms with Crippen LogP contribution in [0.3, 0.4) is 0 Å². The van der Waals surface area contributed by atoms with Gasteiger partial charge in [0.25, 0.3) is 0 Å². The number of hydrogen-bond donors (Lipinski definition) is 0. The molecule has 1 aliphatic heterocycles. The minimum absolute atomic E-state index is 0.0830. The average Bonchev–Trinajstić information content (AvgIpc) is 2.76. The Morgan fingerprint density at radius 3 is 2.53 bits per heavy atom. The SMILES string of the molecule is CCOC1(C(=O)C2CCOC2)CCCCCC1. The van der Waals surface area contributed by atoms with Crippen LogP contribution in [0, 0.1) is 5.92 Å². The van der Waals surface area contributed by atoms with Gasteiger partial charge in [-0.25, -0.2) is 0 Å². The lowest BCUT2D eigenvalue weighted by atomic mass is 9.82. The van der Waals surface area contributed by atoms with Gasteiger partial charge in [0, 0.05) is 19.1 Å². The molecule has 98 valence electrons. The third kappa shape index (κ3) is 2.89. The van der Waals surface area contributed by atoms with Gasteiger partial charge < -0.3 is 9.47 Å². The molecule has 17 heavy (non-hydrogen) atoms. The van der Waals surface area contributed by atoms with Crippen molar-refractivity contribution in [3.05, 3.63) is 0 Å². The van der Waals surface area contributed by atoms with Gasteiger partial charge in [0.2, 0.25) is 0 Å². The molecule has 1 heterocycles. The lowest BCUT2D eigenvalue weighted by Gasteiger charge is -2.33. The number of carbonyl (C=O) groups is 1. The van der Waals surface area contributed by atoms with Crippen molar-refractivity contribution in [1.29, 1.82) is 0 Å². The van der Waals surface area contributed by atoms with Gasteiger partial charge in [0.1, 0.15) is 5.60 Å². The molecule has 0 aromatic heterocycles. The summed E-state index contributed by atoms with van der Waals surface area (Å²) in [7, 11) is 0. The van der Waals surface area contributed by atoms with E-state index >= 15 is 0 Å². The fraction of sp³-hybridized carbons (Fsp3) is 0.929. The Morgan fingerprint density at radius 2 is 2.00 bits per heavy atom. The maximum absolute atomic E-state index is 12.7. The van der Waals surface area contributed by atoms with E-state index in [2.05, 4.69) is 0 Å². The Balaban J connectivity index is 2.10. The van der Waals surface area contributed by atoms with Crippen LogP contribution >= 0.6 is 0 Å². The summed E-state index contributed by atoms with van der Waals surface area (Å²) in [6, 6.07) is 0. The van der Waals surface area contributed by atoms with E-state index in [-0.39, 0.29) is 5.92 Å². The predicted molar refractivity (Wildman–Crippen MR) is 66.0 cm³/mol. The van der Waals surface area contributed by atoms with E-state index < -0.39 is 5.60 Å². The third-order valence-electron chi connectivity index (χ3n) is 4.08. The molecule has 3 heteroatoms. The van der Waals surface area contributed by atoms with Gasteiger partial charge in [-0.3, -0.25) is 4.79 Å². The largest absolute Gasteiger partial charge is 0.381 e. The molecule has 0 bridgehead atoms. The molecule has 0 radical (unpaired) electrons. The molecule has 1 atom stereocenters. The first-order chi connectivity index (χ1) is 8.28. The Kier molecular flexibility index (Phi) is 4.57. The molecule has 2 aliphatic rings. The maximum atomic E-state index is 12.7. The monoisotopic (exact) mass is 240 g/mol. The van der Waals surface area contributed by atoms with Crippen LogP contribution in [0.4, 0.5) is 0 Å². The van der Waals surface area contributed by atoms with Crippen molar-refractivity contribution in [3.8, 4) is 0 Å². The highest BCUT2D eigenvalue weighted by molar-refractivity contribution is 5.89. The highest BCUT2D eigenvalue weighted by Gasteiger charge is 2.43. The van der Waals surface area contributed by atoms with Crippen LogP contribution in [-0.2, 0) is 14.3 Å². The van der Waals surface area contributed by atoms with Gasteiger partial charge in [-0.2, -0.15) is 0 Å². The lowest BCUT2D eigenvalue weighted by Crippen LogP contribution is -2.45. The smallest absolute Gasteiger partial charge is 0.170 e. The fourth-order valence-electron chi connectivity index (χ4n) is 3.15. The molecule has 0 aromatic carbocycles. The van der Waals surface area contributed by atoms with Gasteiger partial charge >= 0.3 is 0 Å². The molecule has 0 aromatic rings. The minimum atomic E-state index is -0.483. The molecule has 1 saturated carbocycles. The van der Waals surface area contributed by atoms with E-state index in [1.807, 2.05) is 6.92 Å². The second-order valence-corrected chi connectivity index (χ2v) is 5.27. The minimum Gasteiger partial charge on any atom is -0.381 e. The summed E-state index contributed by atoms with van der Waals surface area (Å²) in [6.45, 7) is 3.97. The molecule has 0 spiro atoms. The van der Waals surface area contributed by atoms with E-state index in [0.717, 1.165) is 38.7 Å². The van der Waals surface area contributed by atoms with Crippen LogP contribution in [-0.4, -0.2) is 31.2 Å². The third-order valence-corrected chi connectivity index (χ3v) is 4.08. The highest BCUT2D eigenvalue weighted by Crippen LogP contribution is 2.35. The first-order valence-corrected chi connectivity index (χ1v) is 7.04. The normalized spacial score (nSPS) is 28.9. The van der Waals surface area contributed by atoms with E-state index in [4.69, 9.17) is 9.47 Å². The predicted octanol–water partition coefficient (Wildman–Crippen LogP) is 2.72.